The SMILES string of the molecule is Cc1c(NC(=O)C[C@@H](NCc2ccco2)C(=O)O)c(=O)n(-c2ccccc2)n1C. The molecule has 9 heteroatoms. The second kappa shape index (κ2) is 8.61. The molecule has 1 amide bonds. The Kier molecular flexibility index (Phi) is 5.99. The molecule has 1 aromatic carbocycles. The number of aliphatic carboxylic acids is 1. The molecule has 0 saturated carbocycles. The van der Waals surface area contributed by atoms with Crippen LogP contribution in [-0.2, 0) is 23.2 Å². The Morgan fingerprint density at radius 3 is 2.52 bits per heavy atom. The zero-order valence-electron chi connectivity index (χ0n) is 16.1. The second-order valence-corrected chi connectivity index (χ2v) is 6.54. The van der Waals surface area contributed by atoms with Crippen LogP contribution < -0.4 is 16.2 Å². The summed E-state index contributed by atoms with van der Waals surface area (Å²) in [6.07, 6.45) is 1.14. The standard InChI is InChI=1S/C20H22N4O5/c1-13-18(19(26)24(23(13)2)14-7-4-3-5-8-14)22-17(25)11-16(20(27)28)21-12-15-9-6-10-29-15/h3-10,16,21H,11-12H2,1-2H3,(H,22,25)(H,27,28)/t16-/m1/s1. The third kappa shape index (κ3) is 4.46. The number of rotatable bonds is 8. The molecule has 9 nitrogen and oxygen atoms in total. The monoisotopic (exact) mass is 398 g/mol. The van der Waals surface area contributed by atoms with Crippen molar-refractivity contribution in [1.82, 2.24) is 14.7 Å². The molecular formula is C20H22N4O5. The van der Waals surface area contributed by atoms with Crippen molar-refractivity contribution >= 4 is 17.6 Å². The van der Waals surface area contributed by atoms with Crippen molar-refractivity contribution in [2.24, 2.45) is 7.05 Å². The molecule has 1 atom stereocenters. The highest BCUT2D eigenvalue weighted by atomic mass is 16.4. The number of benzene rings is 1. The summed E-state index contributed by atoms with van der Waals surface area (Å²) < 4.78 is 8.23. The predicted molar refractivity (Wildman–Crippen MR) is 106 cm³/mol. The highest BCUT2D eigenvalue weighted by molar-refractivity contribution is 5.94. The predicted octanol–water partition coefficient (Wildman–Crippen LogP) is 1.65. The van der Waals surface area contributed by atoms with E-state index in [4.69, 9.17) is 4.42 Å². The summed E-state index contributed by atoms with van der Waals surface area (Å²) in [5, 5.41) is 14.7. The quantitative estimate of drug-likeness (QED) is 0.531. The summed E-state index contributed by atoms with van der Waals surface area (Å²) in [6.45, 7) is 1.88. The fourth-order valence-electron chi connectivity index (χ4n) is 2.97. The molecule has 0 aliphatic rings. The normalized spacial score (nSPS) is 11.9. The van der Waals surface area contributed by atoms with Crippen molar-refractivity contribution in [1.29, 1.82) is 0 Å². The van der Waals surface area contributed by atoms with E-state index in [0.29, 0.717) is 17.1 Å². The Hall–Kier alpha value is -3.59. The number of amides is 1. The van der Waals surface area contributed by atoms with Crippen LogP contribution in [0.1, 0.15) is 17.9 Å². The van der Waals surface area contributed by atoms with Crippen LogP contribution in [-0.4, -0.2) is 32.4 Å². The van der Waals surface area contributed by atoms with Gasteiger partial charge in [-0.1, -0.05) is 18.2 Å². The Bertz CT molecular complexity index is 1050. The van der Waals surface area contributed by atoms with E-state index in [-0.39, 0.29) is 24.2 Å². The first-order valence-corrected chi connectivity index (χ1v) is 9.01. The first-order chi connectivity index (χ1) is 13.9. The summed E-state index contributed by atoms with van der Waals surface area (Å²) in [5.74, 6) is -1.19. The van der Waals surface area contributed by atoms with Crippen LogP contribution in [0.25, 0.3) is 5.69 Å². The average Bonchev–Trinajstić information content (AvgIpc) is 3.29. The number of carboxylic acids is 1. The number of aromatic nitrogens is 2. The van der Waals surface area contributed by atoms with Crippen LogP contribution in [0.5, 0.6) is 0 Å². The molecule has 3 N–H and O–H groups in total. The number of hydrogen-bond donors (Lipinski definition) is 3. The van der Waals surface area contributed by atoms with Gasteiger partial charge in [0.1, 0.15) is 17.5 Å². The van der Waals surface area contributed by atoms with Gasteiger partial charge in [-0.2, -0.15) is 0 Å². The van der Waals surface area contributed by atoms with Crippen molar-refractivity contribution in [3.63, 3.8) is 0 Å². The number of anilines is 1. The largest absolute Gasteiger partial charge is 0.480 e. The summed E-state index contributed by atoms with van der Waals surface area (Å²) in [7, 11) is 1.71. The van der Waals surface area contributed by atoms with E-state index >= 15 is 0 Å². The zero-order valence-corrected chi connectivity index (χ0v) is 16.1. The number of carbonyl (C=O) groups is 2. The molecule has 0 bridgehead atoms. The van der Waals surface area contributed by atoms with Gasteiger partial charge in [0.15, 0.2) is 0 Å². The minimum Gasteiger partial charge on any atom is -0.480 e. The average molecular weight is 398 g/mol. The summed E-state index contributed by atoms with van der Waals surface area (Å²) >= 11 is 0. The van der Waals surface area contributed by atoms with Crippen LogP contribution in [0, 0.1) is 6.92 Å². The highest BCUT2D eigenvalue weighted by Crippen LogP contribution is 2.14. The lowest BCUT2D eigenvalue weighted by Gasteiger charge is -2.13. The van der Waals surface area contributed by atoms with E-state index in [0.717, 1.165) is 0 Å². The van der Waals surface area contributed by atoms with Crippen LogP contribution >= 0.6 is 0 Å². The lowest BCUT2D eigenvalue weighted by molar-refractivity contribution is -0.141. The van der Waals surface area contributed by atoms with E-state index in [9.17, 15) is 19.5 Å². The molecule has 2 heterocycles. The number of hydrogen-bond acceptors (Lipinski definition) is 5. The summed E-state index contributed by atoms with van der Waals surface area (Å²) in [6, 6.07) is 11.3. The van der Waals surface area contributed by atoms with Gasteiger partial charge in [0.2, 0.25) is 5.91 Å². The molecule has 29 heavy (non-hydrogen) atoms. The van der Waals surface area contributed by atoms with Crippen LogP contribution in [0.4, 0.5) is 5.69 Å². The van der Waals surface area contributed by atoms with E-state index in [1.54, 1.807) is 42.9 Å². The van der Waals surface area contributed by atoms with Gasteiger partial charge in [0, 0.05) is 7.05 Å². The fraction of sp³-hybridized carbons (Fsp3) is 0.250. The molecule has 3 aromatic rings. The van der Waals surface area contributed by atoms with Crippen LogP contribution in [0.15, 0.2) is 57.9 Å². The maximum Gasteiger partial charge on any atom is 0.321 e. The molecule has 0 unspecified atom stereocenters. The van der Waals surface area contributed by atoms with E-state index in [2.05, 4.69) is 10.6 Å². The molecule has 0 aliphatic carbocycles. The van der Waals surface area contributed by atoms with Gasteiger partial charge in [-0.25, -0.2) is 4.68 Å². The lowest BCUT2D eigenvalue weighted by atomic mass is 10.2. The topological polar surface area (TPSA) is 119 Å². The molecule has 152 valence electrons. The van der Waals surface area contributed by atoms with Crippen molar-refractivity contribution in [3.05, 3.63) is 70.5 Å². The van der Waals surface area contributed by atoms with Gasteiger partial charge < -0.3 is 14.8 Å². The van der Waals surface area contributed by atoms with Gasteiger partial charge >= 0.3 is 5.97 Å². The number of furan rings is 1. The van der Waals surface area contributed by atoms with Gasteiger partial charge in [-0.3, -0.25) is 24.4 Å². The number of nitrogens with one attached hydrogen (secondary N) is 2. The lowest BCUT2D eigenvalue weighted by Crippen LogP contribution is -2.39. The van der Waals surface area contributed by atoms with Crippen LogP contribution in [0.2, 0.25) is 0 Å². The summed E-state index contributed by atoms with van der Waals surface area (Å²) in [4.78, 5) is 36.8. The molecule has 0 aliphatic heterocycles. The van der Waals surface area contributed by atoms with Crippen molar-refractivity contribution in [3.8, 4) is 5.69 Å². The van der Waals surface area contributed by atoms with Crippen molar-refractivity contribution < 1.29 is 19.1 Å². The Labute approximate surface area is 166 Å². The van der Waals surface area contributed by atoms with E-state index in [1.807, 2.05) is 18.2 Å². The zero-order chi connectivity index (χ0) is 21.0. The molecule has 0 spiro atoms. The first kappa shape index (κ1) is 20.2. The number of nitrogens with zero attached hydrogens (tertiary/aromatic N) is 2. The maximum absolute atomic E-state index is 12.8. The maximum atomic E-state index is 12.8. The van der Waals surface area contributed by atoms with Gasteiger partial charge in [-0.15, -0.1) is 0 Å². The van der Waals surface area contributed by atoms with Crippen molar-refractivity contribution in [2.75, 3.05) is 5.32 Å². The third-order valence-corrected chi connectivity index (χ3v) is 4.61. The molecule has 2 aromatic heterocycles. The number of carbonyl (C=O) groups excluding carboxylic acids is 1. The number of para-hydroxylation sites is 1. The highest BCUT2D eigenvalue weighted by Gasteiger charge is 2.24. The van der Waals surface area contributed by atoms with E-state index < -0.39 is 17.9 Å². The smallest absolute Gasteiger partial charge is 0.321 e. The molecule has 0 saturated heterocycles. The molecule has 3 rings (SSSR count). The van der Waals surface area contributed by atoms with Crippen molar-refractivity contribution in [2.45, 2.75) is 25.9 Å². The molecule has 0 radical (unpaired) electrons. The van der Waals surface area contributed by atoms with E-state index in [1.165, 1.54) is 10.9 Å². The summed E-state index contributed by atoms with van der Waals surface area (Å²) in [5.41, 5.74) is 0.950. The number of carboxylic acid groups (broad SMARTS) is 1. The van der Waals surface area contributed by atoms with Gasteiger partial charge in [0.05, 0.1) is 30.6 Å². The fourth-order valence-corrected chi connectivity index (χ4v) is 2.97. The minimum absolute atomic E-state index is 0.122. The molecule has 0 fully saturated rings. The van der Waals surface area contributed by atoms with Gasteiger partial charge in [0.25, 0.3) is 5.56 Å². The Morgan fingerprint density at radius 2 is 1.90 bits per heavy atom. The molecular weight excluding hydrogens is 376 g/mol. The van der Waals surface area contributed by atoms with Gasteiger partial charge in [-0.05, 0) is 31.2 Å². The van der Waals surface area contributed by atoms with Crippen LogP contribution in [0.3, 0.4) is 0 Å². The Morgan fingerprint density at radius 1 is 1.17 bits per heavy atom. The minimum atomic E-state index is -1.17. The second-order valence-electron chi connectivity index (χ2n) is 6.54. The first-order valence-electron chi connectivity index (χ1n) is 9.01. The third-order valence-electron chi connectivity index (χ3n) is 4.61. The Balaban J connectivity index is 1.74.